The molecule has 336 valence electrons. The highest BCUT2D eigenvalue weighted by atomic mass is 16.4. The predicted molar refractivity (Wildman–Crippen MR) is 215 cm³/mol. The number of amides is 5. The van der Waals surface area contributed by atoms with E-state index in [0.29, 0.717) is 58.4 Å². The number of carbonyl (C=O) groups excluding carboxylic acids is 6. The second-order valence-corrected chi connectivity index (χ2v) is 15.2. The van der Waals surface area contributed by atoms with Crippen molar-refractivity contribution in [3.63, 3.8) is 0 Å². The summed E-state index contributed by atoms with van der Waals surface area (Å²) < 4.78 is 0. The number of Topliss-reactive ketones (excluding diaryl/α,β-unsaturated/α-hetero) is 1. The van der Waals surface area contributed by atoms with Crippen LogP contribution < -0.4 is 5.32 Å². The number of rotatable bonds is 24. The van der Waals surface area contributed by atoms with Crippen molar-refractivity contribution < 1.29 is 58.5 Å². The zero-order valence-electron chi connectivity index (χ0n) is 35.7. The molecule has 1 aliphatic heterocycles. The first kappa shape index (κ1) is 52.3. The first-order valence-electron chi connectivity index (χ1n) is 20.0. The van der Waals surface area contributed by atoms with Crippen LogP contribution in [0.2, 0.25) is 0 Å². The molecule has 21 heteroatoms. The monoisotopic (exact) mass is 841 g/mol. The van der Waals surface area contributed by atoms with Crippen LogP contribution in [0, 0.1) is 5.92 Å². The Bertz CT molecular complexity index is 1400. The minimum atomic E-state index is -1.04. The third-order valence-electron chi connectivity index (χ3n) is 10.1. The maximum Gasteiger partial charge on any atom is 0.317 e. The number of carboxylic acid groups (broad SMARTS) is 3. The van der Waals surface area contributed by atoms with Crippen LogP contribution in [-0.2, 0) is 43.2 Å². The fourth-order valence-electron chi connectivity index (χ4n) is 5.98. The van der Waals surface area contributed by atoms with Gasteiger partial charge >= 0.3 is 17.9 Å². The van der Waals surface area contributed by atoms with Gasteiger partial charge in [0.05, 0.1) is 52.4 Å². The smallest absolute Gasteiger partial charge is 0.317 e. The van der Waals surface area contributed by atoms with E-state index in [1.165, 1.54) is 47.8 Å². The van der Waals surface area contributed by atoms with Crippen LogP contribution in [0.3, 0.4) is 0 Å². The highest BCUT2D eigenvalue weighted by Gasteiger charge is 2.24. The Morgan fingerprint density at radius 3 is 1.20 bits per heavy atom. The summed E-state index contributed by atoms with van der Waals surface area (Å²) >= 11 is 0. The summed E-state index contributed by atoms with van der Waals surface area (Å²) in [6.45, 7) is 4.71. The maximum absolute atomic E-state index is 12.9. The summed E-state index contributed by atoms with van der Waals surface area (Å²) in [5.41, 5.74) is 0. The minimum absolute atomic E-state index is 0.00322. The molecule has 0 aromatic rings. The second kappa shape index (κ2) is 27.9. The highest BCUT2D eigenvalue weighted by molar-refractivity contribution is 5.91. The molecule has 0 radical (unpaired) electrons. The molecular formula is C38H67N9O12. The van der Waals surface area contributed by atoms with Gasteiger partial charge < -0.3 is 40.2 Å². The maximum atomic E-state index is 12.9. The van der Waals surface area contributed by atoms with Crippen LogP contribution in [-0.4, -0.2) is 247 Å². The van der Waals surface area contributed by atoms with Crippen LogP contribution in [0.1, 0.15) is 46.0 Å². The Hall–Kier alpha value is -4.73. The molecule has 1 saturated heterocycles. The average Bonchev–Trinajstić information content (AvgIpc) is 3.15. The van der Waals surface area contributed by atoms with E-state index >= 15 is 0 Å². The van der Waals surface area contributed by atoms with E-state index in [9.17, 15) is 58.5 Å². The van der Waals surface area contributed by atoms with Gasteiger partial charge in [-0.3, -0.25) is 62.8 Å². The van der Waals surface area contributed by atoms with Gasteiger partial charge in [0.2, 0.25) is 29.5 Å². The summed E-state index contributed by atoms with van der Waals surface area (Å²) in [5.74, 6) is -5.24. The second-order valence-electron chi connectivity index (χ2n) is 15.2. The molecule has 0 saturated carbocycles. The van der Waals surface area contributed by atoms with E-state index in [1.54, 1.807) is 21.6 Å². The SMILES string of the molecule is CCC(C)C(=O)CN(C)C(=O)CN(C)C(=O)CN(C)C(=O)CN(C)C(=O)CCCCCNC(=O)CN1CCN(CC(=O)O)CCN(CC(=O)O)CCN(CC(=O)O)CC1. The first-order valence-corrected chi connectivity index (χ1v) is 20.0. The van der Waals surface area contributed by atoms with Gasteiger partial charge in [-0.1, -0.05) is 20.3 Å². The Labute approximate surface area is 347 Å². The number of carboxylic acids is 3. The Balaban J connectivity index is 2.54. The number of carbonyl (C=O) groups is 9. The first-order chi connectivity index (χ1) is 27.7. The van der Waals surface area contributed by atoms with Crippen molar-refractivity contribution in [2.45, 2.75) is 46.0 Å². The summed E-state index contributed by atoms with van der Waals surface area (Å²) in [4.78, 5) is 122. The lowest BCUT2D eigenvalue weighted by molar-refractivity contribution is -0.144. The van der Waals surface area contributed by atoms with Crippen molar-refractivity contribution in [1.29, 1.82) is 0 Å². The Morgan fingerprint density at radius 2 is 0.847 bits per heavy atom. The number of hydrogen-bond donors (Lipinski definition) is 4. The van der Waals surface area contributed by atoms with E-state index in [4.69, 9.17) is 0 Å². The molecule has 59 heavy (non-hydrogen) atoms. The number of nitrogens with one attached hydrogen (secondary N) is 1. The summed E-state index contributed by atoms with van der Waals surface area (Å²) in [7, 11) is 5.85. The van der Waals surface area contributed by atoms with Gasteiger partial charge in [0.15, 0.2) is 5.78 Å². The van der Waals surface area contributed by atoms with Crippen molar-refractivity contribution in [2.24, 2.45) is 5.92 Å². The number of unbranched alkanes of at least 4 members (excludes halogenated alkanes) is 2. The van der Waals surface area contributed by atoms with Gasteiger partial charge in [0.25, 0.3) is 0 Å². The molecule has 1 aliphatic rings. The van der Waals surface area contributed by atoms with Gasteiger partial charge in [-0.2, -0.15) is 0 Å². The predicted octanol–water partition coefficient (Wildman–Crippen LogP) is -2.41. The fraction of sp³-hybridized carbons (Fsp3) is 0.763. The molecule has 0 spiro atoms. The lowest BCUT2D eigenvalue weighted by Gasteiger charge is -2.32. The van der Waals surface area contributed by atoms with Crippen LogP contribution in [0.15, 0.2) is 0 Å². The molecule has 1 fully saturated rings. The number of aliphatic carboxylic acids is 3. The molecule has 4 N–H and O–H groups in total. The molecule has 1 heterocycles. The van der Waals surface area contributed by atoms with Crippen molar-refractivity contribution in [2.75, 3.05) is 139 Å². The molecular weight excluding hydrogens is 774 g/mol. The van der Waals surface area contributed by atoms with E-state index in [0.717, 1.165) is 0 Å². The quantitative estimate of drug-likeness (QED) is 0.0739. The van der Waals surface area contributed by atoms with Crippen molar-refractivity contribution in [1.82, 2.24) is 44.5 Å². The molecule has 0 aliphatic carbocycles. The molecule has 1 rings (SSSR count). The minimum Gasteiger partial charge on any atom is -0.480 e. The van der Waals surface area contributed by atoms with Crippen molar-refractivity contribution in [3.8, 4) is 0 Å². The van der Waals surface area contributed by atoms with Crippen molar-refractivity contribution in [3.05, 3.63) is 0 Å². The molecule has 5 amide bonds. The third kappa shape index (κ3) is 22.9. The topological polar surface area (TPSA) is 252 Å². The molecule has 0 bridgehead atoms. The van der Waals surface area contributed by atoms with Crippen molar-refractivity contribution >= 4 is 53.2 Å². The van der Waals surface area contributed by atoms with E-state index in [-0.39, 0.29) is 108 Å². The fourth-order valence-corrected chi connectivity index (χ4v) is 5.98. The Kier molecular flexibility index (Phi) is 24.7. The van der Waals surface area contributed by atoms with E-state index < -0.39 is 35.6 Å². The molecule has 1 atom stereocenters. The number of nitrogens with zero attached hydrogens (tertiary/aromatic N) is 8. The van der Waals surface area contributed by atoms with E-state index in [2.05, 4.69) is 5.32 Å². The lowest BCUT2D eigenvalue weighted by atomic mass is 10.0. The molecule has 1 unspecified atom stereocenters. The molecule has 21 nitrogen and oxygen atoms in total. The number of ketones is 1. The normalized spacial score (nSPS) is 15.5. The highest BCUT2D eigenvalue weighted by Crippen LogP contribution is 2.06. The third-order valence-corrected chi connectivity index (χ3v) is 10.1. The summed E-state index contributed by atoms with van der Waals surface area (Å²) in [5, 5.41) is 31.0. The van der Waals surface area contributed by atoms with Crippen LogP contribution in [0.4, 0.5) is 0 Å². The van der Waals surface area contributed by atoms with Crippen LogP contribution in [0.25, 0.3) is 0 Å². The summed E-state index contributed by atoms with van der Waals surface area (Å²) in [6.07, 6.45) is 2.53. The zero-order valence-corrected chi connectivity index (χ0v) is 35.7. The van der Waals surface area contributed by atoms with Gasteiger partial charge in [-0.05, 0) is 19.3 Å². The van der Waals surface area contributed by atoms with E-state index in [1.807, 2.05) is 11.8 Å². The van der Waals surface area contributed by atoms with Crippen LogP contribution >= 0.6 is 0 Å². The summed E-state index contributed by atoms with van der Waals surface area (Å²) in [6, 6.07) is 0. The standard InChI is InChI=1S/C38H67N9O12/c1-7-29(2)30(48)21-40(3)33(51)24-42(5)35(53)25-43(6)34(52)23-41(4)32(50)11-9-8-10-12-39-31(49)22-44-13-15-45(26-36(54)55)17-19-47(28-38(58)59)20-18-46(16-14-44)27-37(56)57/h29H,7-28H2,1-6H3,(H,39,49)(H,54,55)(H,56,57)(H,58,59). The lowest BCUT2D eigenvalue weighted by Crippen LogP contribution is -2.49. The molecule has 0 aromatic carbocycles. The largest absolute Gasteiger partial charge is 0.480 e. The Morgan fingerprint density at radius 1 is 0.508 bits per heavy atom. The van der Waals surface area contributed by atoms with Gasteiger partial charge in [0, 0.05) is 99.4 Å². The van der Waals surface area contributed by atoms with Gasteiger partial charge in [-0.15, -0.1) is 0 Å². The van der Waals surface area contributed by atoms with Crippen LogP contribution in [0.5, 0.6) is 0 Å². The zero-order chi connectivity index (χ0) is 44.7. The number of likely N-dealkylation sites (N-methyl/N-ethyl adjacent to an activating group) is 4. The van der Waals surface area contributed by atoms with Gasteiger partial charge in [0.1, 0.15) is 0 Å². The average molecular weight is 842 g/mol. The number of hydrogen-bond acceptors (Lipinski definition) is 13. The van der Waals surface area contributed by atoms with Gasteiger partial charge in [-0.25, -0.2) is 0 Å². The molecule has 0 aromatic heterocycles.